The number of hydrogen-bond donors (Lipinski definition) is 1. The zero-order valence-corrected chi connectivity index (χ0v) is 13.9. The smallest absolute Gasteiger partial charge is 0.408 e. The van der Waals surface area contributed by atoms with E-state index in [0.29, 0.717) is 12.8 Å². The Kier molecular flexibility index (Phi) is 9.13. The van der Waals surface area contributed by atoms with Gasteiger partial charge in [0.2, 0.25) is 0 Å². The van der Waals surface area contributed by atoms with Gasteiger partial charge in [0.15, 0.2) is 0 Å². The van der Waals surface area contributed by atoms with E-state index in [2.05, 4.69) is 11.9 Å². The van der Waals surface area contributed by atoms with Gasteiger partial charge in [-0.1, -0.05) is 6.08 Å². The zero-order valence-electron chi connectivity index (χ0n) is 13.9. The van der Waals surface area contributed by atoms with Crippen molar-refractivity contribution in [2.75, 3.05) is 6.61 Å². The minimum absolute atomic E-state index is 0.0141. The lowest BCUT2D eigenvalue weighted by Crippen LogP contribution is -2.44. The highest BCUT2D eigenvalue weighted by Gasteiger charge is 2.25. The molecule has 0 aliphatic heterocycles. The molecule has 0 aromatic rings. The number of rotatable bonds is 9. The molecular weight excluding hydrogens is 286 g/mol. The van der Waals surface area contributed by atoms with Gasteiger partial charge in [0.25, 0.3) is 0 Å². The average molecular weight is 313 g/mol. The van der Waals surface area contributed by atoms with Crippen molar-refractivity contribution in [3.05, 3.63) is 12.7 Å². The molecular formula is C16H27NO5. The van der Waals surface area contributed by atoms with E-state index in [9.17, 15) is 14.4 Å². The van der Waals surface area contributed by atoms with Crippen LogP contribution in [-0.4, -0.2) is 36.1 Å². The number of ketones is 1. The van der Waals surface area contributed by atoms with E-state index in [1.54, 1.807) is 33.8 Å². The Labute approximate surface area is 132 Å². The maximum Gasteiger partial charge on any atom is 0.408 e. The summed E-state index contributed by atoms with van der Waals surface area (Å²) >= 11 is 0. The van der Waals surface area contributed by atoms with Gasteiger partial charge >= 0.3 is 12.1 Å². The van der Waals surface area contributed by atoms with E-state index in [1.807, 2.05) is 0 Å². The van der Waals surface area contributed by atoms with Gasteiger partial charge in [-0.25, -0.2) is 9.59 Å². The van der Waals surface area contributed by atoms with Crippen LogP contribution in [0.3, 0.4) is 0 Å². The number of Topliss-reactive ketones (excluding diaryl/α,β-unsaturated/α-hetero) is 1. The molecule has 0 radical (unpaired) electrons. The molecule has 126 valence electrons. The normalized spacial score (nSPS) is 12.2. The maximum absolute atomic E-state index is 11.9. The van der Waals surface area contributed by atoms with Crippen LogP contribution in [0.2, 0.25) is 0 Å². The molecule has 0 spiro atoms. The van der Waals surface area contributed by atoms with Crippen molar-refractivity contribution in [1.82, 2.24) is 5.32 Å². The molecule has 6 nitrogen and oxygen atoms in total. The van der Waals surface area contributed by atoms with E-state index in [1.165, 1.54) is 0 Å². The standard InChI is InChI=1S/C16H27NO5/c1-6-8-9-12(18)10-11-13(14(19)21-7-2)17-15(20)22-16(3,4)5/h6,13H,1,7-11H2,2-5H3,(H,17,20)/t13-/m1/s1. The molecule has 0 aliphatic carbocycles. The lowest BCUT2D eigenvalue weighted by atomic mass is 10.1. The molecule has 0 aromatic heterocycles. The number of ether oxygens (including phenoxy) is 2. The second kappa shape index (κ2) is 9.97. The topological polar surface area (TPSA) is 81.7 Å². The lowest BCUT2D eigenvalue weighted by molar-refractivity contribution is -0.145. The zero-order chi connectivity index (χ0) is 17.2. The lowest BCUT2D eigenvalue weighted by Gasteiger charge is -2.22. The minimum Gasteiger partial charge on any atom is -0.464 e. The molecule has 0 bridgehead atoms. The second-order valence-electron chi connectivity index (χ2n) is 5.86. The fourth-order valence-electron chi connectivity index (χ4n) is 1.63. The fourth-order valence-corrected chi connectivity index (χ4v) is 1.63. The number of allylic oxidation sites excluding steroid dienone is 1. The van der Waals surface area contributed by atoms with Crippen molar-refractivity contribution in [2.45, 2.75) is 65.0 Å². The summed E-state index contributed by atoms with van der Waals surface area (Å²) in [6.07, 6.45) is 2.32. The van der Waals surface area contributed by atoms with Gasteiger partial charge in [-0.05, 0) is 40.5 Å². The number of alkyl carbamates (subject to hydrolysis) is 1. The Morgan fingerprint density at radius 1 is 1.23 bits per heavy atom. The molecule has 0 fully saturated rings. The molecule has 0 aromatic carbocycles. The third kappa shape index (κ3) is 9.96. The molecule has 0 saturated heterocycles. The van der Waals surface area contributed by atoms with E-state index < -0.39 is 23.7 Å². The Morgan fingerprint density at radius 3 is 2.36 bits per heavy atom. The highest BCUT2D eigenvalue weighted by molar-refractivity contribution is 5.83. The van der Waals surface area contributed by atoms with Crippen molar-refractivity contribution in [3.63, 3.8) is 0 Å². The first kappa shape index (κ1) is 20.1. The molecule has 0 heterocycles. The second-order valence-corrected chi connectivity index (χ2v) is 5.86. The molecule has 1 N–H and O–H groups in total. The van der Waals surface area contributed by atoms with Crippen LogP contribution in [0.15, 0.2) is 12.7 Å². The largest absolute Gasteiger partial charge is 0.464 e. The van der Waals surface area contributed by atoms with Crippen LogP contribution >= 0.6 is 0 Å². The molecule has 1 atom stereocenters. The van der Waals surface area contributed by atoms with Crippen LogP contribution in [0.25, 0.3) is 0 Å². The molecule has 6 heteroatoms. The van der Waals surface area contributed by atoms with Gasteiger partial charge in [-0.15, -0.1) is 6.58 Å². The van der Waals surface area contributed by atoms with Crippen LogP contribution in [-0.2, 0) is 19.1 Å². The summed E-state index contributed by atoms with van der Waals surface area (Å²) in [6, 6.07) is -0.887. The molecule has 0 unspecified atom stereocenters. The summed E-state index contributed by atoms with van der Waals surface area (Å²) in [5, 5.41) is 2.46. The van der Waals surface area contributed by atoms with Gasteiger partial charge in [0, 0.05) is 12.8 Å². The quantitative estimate of drug-likeness (QED) is 0.523. The van der Waals surface area contributed by atoms with E-state index in [-0.39, 0.29) is 25.2 Å². The number of nitrogens with one attached hydrogen (secondary N) is 1. The van der Waals surface area contributed by atoms with E-state index >= 15 is 0 Å². The summed E-state index contributed by atoms with van der Waals surface area (Å²) < 4.78 is 10.0. The van der Waals surface area contributed by atoms with Crippen LogP contribution in [0.5, 0.6) is 0 Å². The highest BCUT2D eigenvalue weighted by Crippen LogP contribution is 2.09. The SMILES string of the molecule is C=CCCC(=O)CC[C@@H](NC(=O)OC(C)(C)C)C(=O)OCC. The van der Waals surface area contributed by atoms with Crippen molar-refractivity contribution < 1.29 is 23.9 Å². The third-order valence-corrected chi connectivity index (χ3v) is 2.60. The number of hydrogen-bond acceptors (Lipinski definition) is 5. The molecule has 0 aliphatic rings. The van der Waals surface area contributed by atoms with Gasteiger partial charge in [-0.3, -0.25) is 4.79 Å². The first-order valence-corrected chi connectivity index (χ1v) is 7.48. The fraction of sp³-hybridized carbons (Fsp3) is 0.688. The van der Waals surface area contributed by atoms with Crippen molar-refractivity contribution in [3.8, 4) is 0 Å². The summed E-state index contributed by atoms with van der Waals surface area (Å²) in [6.45, 7) is 10.6. The van der Waals surface area contributed by atoms with Crippen LogP contribution in [0.4, 0.5) is 4.79 Å². The van der Waals surface area contributed by atoms with Gasteiger partial charge in [-0.2, -0.15) is 0 Å². The number of amides is 1. The number of esters is 1. The first-order chi connectivity index (χ1) is 10.2. The summed E-state index contributed by atoms with van der Waals surface area (Å²) in [4.78, 5) is 35.3. The third-order valence-electron chi connectivity index (χ3n) is 2.60. The molecule has 22 heavy (non-hydrogen) atoms. The van der Waals surface area contributed by atoms with Crippen LogP contribution in [0.1, 0.15) is 53.4 Å². The Hall–Kier alpha value is -1.85. The average Bonchev–Trinajstić information content (AvgIpc) is 2.39. The van der Waals surface area contributed by atoms with Gasteiger partial charge < -0.3 is 14.8 Å². The molecule has 1 amide bonds. The van der Waals surface area contributed by atoms with Crippen LogP contribution in [0, 0.1) is 0 Å². The van der Waals surface area contributed by atoms with Crippen molar-refractivity contribution in [2.24, 2.45) is 0 Å². The Bertz CT molecular complexity index is 398. The molecule has 0 saturated carbocycles. The van der Waals surface area contributed by atoms with Crippen LogP contribution < -0.4 is 5.32 Å². The maximum atomic E-state index is 11.9. The van der Waals surface area contributed by atoms with Gasteiger partial charge in [0.05, 0.1) is 6.61 Å². The Balaban J connectivity index is 4.56. The summed E-state index contributed by atoms with van der Waals surface area (Å²) in [7, 11) is 0. The van der Waals surface area contributed by atoms with E-state index in [0.717, 1.165) is 0 Å². The predicted octanol–water partition coefficient (Wildman–Crippen LogP) is 2.76. The summed E-state index contributed by atoms with van der Waals surface area (Å²) in [5.74, 6) is -0.551. The van der Waals surface area contributed by atoms with E-state index in [4.69, 9.17) is 9.47 Å². The first-order valence-electron chi connectivity index (χ1n) is 7.48. The minimum atomic E-state index is -0.887. The Morgan fingerprint density at radius 2 is 1.86 bits per heavy atom. The van der Waals surface area contributed by atoms with Crippen molar-refractivity contribution >= 4 is 17.8 Å². The number of carbonyl (C=O) groups excluding carboxylic acids is 3. The monoisotopic (exact) mass is 313 g/mol. The van der Waals surface area contributed by atoms with Crippen molar-refractivity contribution in [1.29, 1.82) is 0 Å². The highest BCUT2D eigenvalue weighted by atomic mass is 16.6. The predicted molar refractivity (Wildman–Crippen MR) is 83.5 cm³/mol. The molecule has 0 rings (SSSR count). The summed E-state index contributed by atoms with van der Waals surface area (Å²) in [5.41, 5.74) is -0.664. The number of carbonyl (C=O) groups is 3. The van der Waals surface area contributed by atoms with Gasteiger partial charge in [0.1, 0.15) is 17.4 Å².